The molecule has 51 heavy (non-hydrogen) atoms. The van der Waals surface area contributed by atoms with Crippen molar-refractivity contribution in [2.24, 2.45) is 10.7 Å². The number of hydrogen-bond donors (Lipinski definition) is 1. The van der Waals surface area contributed by atoms with Crippen LogP contribution in [0, 0.1) is 11.3 Å². The van der Waals surface area contributed by atoms with Gasteiger partial charge in [0.1, 0.15) is 16.8 Å². The molecule has 1 aliphatic rings. The number of rotatable bonds is 9. The summed E-state index contributed by atoms with van der Waals surface area (Å²) in [5, 5.41) is 8.22. The molecule has 278 valence electrons. The molecule has 2 N–H and O–H groups in total. The predicted molar refractivity (Wildman–Crippen MR) is 161 cm³/mol. The molecule has 0 unspecified atom stereocenters. The Morgan fingerprint density at radius 1 is 0.980 bits per heavy atom. The summed E-state index contributed by atoms with van der Waals surface area (Å²) in [4.78, 5) is 30.3. The lowest BCUT2D eigenvalue weighted by molar-refractivity contribution is -0.348. The second kappa shape index (κ2) is 14.3. The van der Waals surface area contributed by atoms with Crippen LogP contribution in [0.2, 0.25) is 10.0 Å². The molecule has 0 saturated heterocycles. The summed E-state index contributed by atoms with van der Waals surface area (Å²) in [6.07, 6.45) is -18.5. The van der Waals surface area contributed by atoms with Gasteiger partial charge in [-0.15, -0.1) is 13.2 Å². The minimum absolute atomic E-state index is 0.0493. The van der Waals surface area contributed by atoms with E-state index in [2.05, 4.69) is 9.73 Å². The van der Waals surface area contributed by atoms with Gasteiger partial charge in [0.2, 0.25) is 0 Å². The number of carbonyl (C=O) groups excluding carboxylic acids is 2. The van der Waals surface area contributed by atoms with E-state index in [-0.39, 0.29) is 40.6 Å². The van der Waals surface area contributed by atoms with Crippen LogP contribution in [-0.4, -0.2) is 59.8 Å². The first-order valence-electron chi connectivity index (χ1n) is 14.0. The van der Waals surface area contributed by atoms with E-state index in [0.29, 0.717) is 6.21 Å². The lowest BCUT2D eigenvalue weighted by Gasteiger charge is -2.30. The van der Waals surface area contributed by atoms with Gasteiger partial charge in [0.25, 0.3) is 5.91 Å². The van der Waals surface area contributed by atoms with Gasteiger partial charge in [-0.05, 0) is 63.4 Å². The monoisotopic (exact) mass is 780 g/mol. The van der Waals surface area contributed by atoms with Crippen LogP contribution in [0.5, 0.6) is 5.75 Å². The molecule has 1 fully saturated rings. The molecule has 0 heterocycles. The van der Waals surface area contributed by atoms with E-state index < -0.39 is 82.4 Å². The SMILES string of the molecule is CC(C)(C)OC(=O)OCN(C(=O)c1cc(C(C=Nc2c(Cl)cc(C(F)(C(F)(F)F)C(F)(F)F)cc2OC(F)(F)F)=CN)ccc1Cl)C1(C#N)CC1. The van der Waals surface area contributed by atoms with Crippen LogP contribution in [0.4, 0.5) is 54.4 Å². The largest absolute Gasteiger partial charge is 0.573 e. The van der Waals surface area contributed by atoms with Gasteiger partial charge in [-0.25, -0.2) is 9.18 Å². The van der Waals surface area contributed by atoms with Gasteiger partial charge in [0.15, 0.2) is 12.5 Å². The van der Waals surface area contributed by atoms with Crippen molar-refractivity contribution in [1.29, 1.82) is 5.26 Å². The smallest absolute Gasteiger partial charge is 0.429 e. The van der Waals surface area contributed by atoms with Gasteiger partial charge in [-0.1, -0.05) is 29.3 Å². The van der Waals surface area contributed by atoms with Gasteiger partial charge in [0, 0.05) is 23.6 Å². The van der Waals surface area contributed by atoms with Crippen LogP contribution in [0.3, 0.4) is 0 Å². The number of alkyl halides is 10. The molecular formula is C30H24Cl2F10N4O5. The van der Waals surface area contributed by atoms with Crippen LogP contribution in [0.15, 0.2) is 41.5 Å². The number of nitriles is 1. The molecule has 0 atom stereocenters. The lowest BCUT2D eigenvalue weighted by Crippen LogP contribution is -2.50. The average molecular weight is 781 g/mol. The average Bonchev–Trinajstić information content (AvgIpc) is 3.76. The van der Waals surface area contributed by atoms with Crippen molar-refractivity contribution in [2.75, 3.05) is 6.73 Å². The number of ether oxygens (including phenoxy) is 3. The Labute approximate surface area is 292 Å². The van der Waals surface area contributed by atoms with E-state index >= 15 is 0 Å². The second-order valence-electron chi connectivity index (χ2n) is 11.7. The van der Waals surface area contributed by atoms with Crippen molar-refractivity contribution < 1.29 is 67.7 Å². The number of allylic oxidation sites excluding steroid dienone is 1. The van der Waals surface area contributed by atoms with Crippen molar-refractivity contribution in [3.05, 3.63) is 63.3 Å². The highest BCUT2D eigenvalue weighted by Gasteiger charge is 2.73. The molecule has 1 saturated carbocycles. The van der Waals surface area contributed by atoms with Crippen molar-refractivity contribution in [2.45, 2.75) is 69.1 Å². The Bertz CT molecular complexity index is 1760. The fourth-order valence-electron chi connectivity index (χ4n) is 4.28. The number of aliphatic imine (C=N–C) groups is 1. The molecule has 2 aromatic rings. The Kier molecular flexibility index (Phi) is 11.5. The Morgan fingerprint density at radius 2 is 1.57 bits per heavy atom. The maximum absolute atomic E-state index is 14.7. The van der Waals surface area contributed by atoms with Crippen molar-refractivity contribution in [1.82, 2.24) is 4.90 Å². The zero-order valence-corrected chi connectivity index (χ0v) is 27.7. The van der Waals surface area contributed by atoms with Crippen molar-refractivity contribution in [3.8, 4) is 11.8 Å². The number of hydrogen-bond acceptors (Lipinski definition) is 8. The van der Waals surface area contributed by atoms with Gasteiger partial charge in [-0.3, -0.25) is 14.7 Å². The number of carbonyl (C=O) groups is 2. The summed E-state index contributed by atoms with van der Waals surface area (Å²) in [7, 11) is 0. The zero-order valence-electron chi connectivity index (χ0n) is 26.2. The molecule has 3 rings (SSSR count). The molecule has 0 radical (unpaired) electrons. The second-order valence-corrected chi connectivity index (χ2v) is 12.5. The Hall–Kier alpha value is -4.44. The van der Waals surface area contributed by atoms with E-state index in [1.165, 1.54) is 6.07 Å². The normalized spacial score (nSPS) is 15.3. The minimum atomic E-state index is -6.70. The first-order valence-corrected chi connectivity index (χ1v) is 14.7. The van der Waals surface area contributed by atoms with E-state index in [9.17, 15) is 58.8 Å². The van der Waals surface area contributed by atoms with Crippen LogP contribution in [0.25, 0.3) is 5.57 Å². The highest BCUT2D eigenvalue weighted by Crippen LogP contribution is 2.55. The molecular weight excluding hydrogens is 757 g/mol. The molecule has 1 aliphatic carbocycles. The predicted octanol–water partition coefficient (Wildman–Crippen LogP) is 9.29. The fraction of sp³-hybridized carbons (Fsp3) is 0.400. The van der Waals surface area contributed by atoms with Crippen LogP contribution >= 0.6 is 23.2 Å². The summed E-state index contributed by atoms with van der Waals surface area (Å²) < 4.78 is 148. The maximum Gasteiger partial charge on any atom is 0.573 e. The topological polar surface area (TPSA) is 127 Å². The third kappa shape index (κ3) is 9.27. The van der Waals surface area contributed by atoms with Gasteiger partial charge in [-0.2, -0.15) is 31.6 Å². The minimum Gasteiger partial charge on any atom is -0.429 e. The lowest BCUT2D eigenvalue weighted by atomic mass is 9.93. The number of amides is 1. The summed E-state index contributed by atoms with van der Waals surface area (Å²) in [5.74, 6) is -2.77. The van der Waals surface area contributed by atoms with Crippen molar-refractivity contribution in [3.63, 3.8) is 0 Å². The molecule has 0 aromatic heterocycles. The van der Waals surface area contributed by atoms with Gasteiger partial charge >= 0.3 is 30.5 Å². The Balaban J connectivity index is 2.06. The van der Waals surface area contributed by atoms with Crippen molar-refractivity contribution >= 4 is 52.7 Å². The molecule has 9 nitrogen and oxygen atoms in total. The van der Waals surface area contributed by atoms with Crippen LogP contribution in [0.1, 0.15) is 55.1 Å². The molecule has 0 aliphatic heterocycles. The molecule has 0 spiro atoms. The maximum atomic E-state index is 14.7. The fourth-order valence-corrected chi connectivity index (χ4v) is 4.74. The highest BCUT2D eigenvalue weighted by molar-refractivity contribution is 6.34. The summed E-state index contributed by atoms with van der Waals surface area (Å²) in [5.41, 5.74) is -7.05. The number of halogens is 12. The third-order valence-corrected chi connectivity index (χ3v) is 7.49. The highest BCUT2D eigenvalue weighted by atomic mass is 35.5. The molecule has 0 bridgehead atoms. The summed E-state index contributed by atoms with van der Waals surface area (Å²) in [6, 6.07) is 4.71. The van der Waals surface area contributed by atoms with E-state index in [0.717, 1.165) is 23.2 Å². The van der Waals surface area contributed by atoms with Gasteiger partial charge < -0.3 is 19.9 Å². The number of nitrogens with two attached hydrogens (primary N) is 1. The first kappa shape index (κ1) is 41.0. The summed E-state index contributed by atoms with van der Waals surface area (Å²) in [6.45, 7) is 3.91. The molecule has 2 aromatic carbocycles. The Morgan fingerprint density at radius 3 is 2.04 bits per heavy atom. The van der Waals surface area contributed by atoms with Crippen LogP contribution < -0.4 is 10.5 Å². The number of benzene rings is 2. The third-order valence-electron chi connectivity index (χ3n) is 6.87. The quantitative estimate of drug-likeness (QED) is 0.116. The number of nitrogens with zero attached hydrogens (tertiary/aromatic N) is 3. The molecule has 1 amide bonds. The standard InChI is InChI=1S/C30H24Cl2F10N4O5/c1-25(2,3)51-24(48)49-14-46(26(13-44)6-7-26)23(47)18-8-15(4-5-19(18)31)16(11-43)12-45-22-20(32)9-17(10-21(22)50-30(40,41)42)27(33,28(34,35)36)29(37,38)39/h4-5,8-12H,6-7,14,43H2,1-3H3. The van der Waals surface area contributed by atoms with Crippen LogP contribution in [-0.2, 0) is 15.1 Å². The van der Waals surface area contributed by atoms with E-state index in [4.69, 9.17) is 38.4 Å². The van der Waals surface area contributed by atoms with E-state index in [1.54, 1.807) is 20.8 Å². The summed E-state index contributed by atoms with van der Waals surface area (Å²) >= 11 is 12.0. The zero-order chi connectivity index (χ0) is 39.0. The van der Waals surface area contributed by atoms with Gasteiger partial charge in [0.05, 0.1) is 21.7 Å². The first-order chi connectivity index (χ1) is 23.2. The van der Waals surface area contributed by atoms with E-state index in [1.807, 2.05) is 6.07 Å². The molecule has 21 heteroatoms.